The van der Waals surface area contributed by atoms with Crippen LogP contribution in [0.5, 0.6) is 0 Å². The Kier molecular flexibility index (Phi) is 4.81. The number of fused-ring (bicyclic) bond motifs is 2. The minimum atomic E-state index is -0.112. The molecular formula is C15H25NO2. The van der Waals surface area contributed by atoms with Gasteiger partial charge in [-0.2, -0.15) is 0 Å². The second-order valence-electron chi connectivity index (χ2n) is 5.75. The van der Waals surface area contributed by atoms with Crippen molar-refractivity contribution < 1.29 is 9.53 Å². The molecule has 4 atom stereocenters. The van der Waals surface area contributed by atoms with Crippen molar-refractivity contribution in [1.29, 1.82) is 0 Å². The van der Waals surface area contributed by atoms with Gasteiger partial charge < -0.3 is 10.5 Å². The molecule has 3 nitrogen and oxygen atoms in total. The van der Waals surface area contributed by atoms with Crippen molar-refractivity contribution in [2.45, 2.75) is 51.0 Å². The zero-order valence-electron chi connectivity index (χ0n) is 11.3. The highest BCUT2D eigenvalue weighted by Gasteiger charge is 2.44. The summed E-state index contributed by atoms with van der Waals surface area (Å²) in [7, 11) is 1.44. The van der Waals surface area contributed by atoms with Crippen molar-refractivity contribution in [3.05, 3.63) is 12.2 Å². The predicted octanol–water partition coefficient (Wildman–Crippen LogP) is 2.65. The molecular weight excluding hydrogens is 226 g/mol. The maximum atomic E-state index is 10.9. The average molecular weight is 251 g/mol. The highest BCUT2D eigenvalue weighted by atomic mass is 16.5. The lowest BCUT2D eigenvalue weighted by Crippen LogP contribution is -2.35. The lowest BCUT2D eigenvalue weighted by molar-refractivity contribution is -0.140. The molecule has 0 aliphatic heterocycles. The molecule has 0 aromatic heterocycles. The zero-order chi connectivity index (χ0) is 13.0. The highest BCUT2D eigenvalue weighted by Crippen LogP contribution is 2.48. The minimum absolute atomic E-state index is 0.112. The van der Waals surface area contributed by atoms with E-state index in [-0.39, 0.29) is 5.97 Å². The summed E-state index contributed by atoms with van der Waals surface area (Å²) in [6, 6.07) is 0.434. The topological polar surface area (TPSA) is 52.3 Å². The summed E-state index contributed by atoms with van der Waals surface area (Å²) >= 11 is 0. The van der Waals surface area contributed by atoms with Gasteiger partial charge in [-0.05, 0) is 56.3 Å². The van der Waals surface area contributed by atoms with Crippen molar-refractivity contribution >= 4 is 5.97 Å². The van der Waals surface area contributed by atoms with Crippen LogP contribution in [-0.4, -0.2) is 19.1 Å². The molecule has 0 spiro atoms. The molecule has 0 heterocycles. The number of unbranched alkanes of at least 4 members (excludes halogenated alkanes) is 1. The molecule has 2 N–H and O–H groups in total. The Morgan fingerprint density at radius 2 is 2.11 bits per heavy atom. The fourth-order valence-corrected chi connectivity index (χ4v) is 3.64. The Morgan fingerprint density at radius 1 is 1.33 bits per heavy atom. The highest BCUT2D eigenvalue weighted by molar-refractivity contribution is 5.68. The summed E-state index contributed by atoms with van der Waals surface area (Å²) in [6.07, 6.45) is 12.1. The van der Waals surface area contributed by atoms with E-state index in [1.807, 2.05) is 0 Å². The molecule has 2 aliphatic rings. The molecule has 0 aromatic carbocycles. The van der Waals surface area contributed by atoms with Gasteiger partial charge in [0, 0.05) is 12.5 Å². The van der Waals surface area contributed by atoms with Gasteiger partial charge in [-0.3, -0.25) is 4.79 Å². The van der Waals surface area contributed by atoms with Crippen molar-refractivity contribution in [1.82, 2.24) is 0 Å². The standard InChI is InChI=1S/C15H25NO2/c1-18-14(17)7-5-3-2-4-6-13-11-8-9-12(10-11)15(13)16/h2,4,11-13,15H,3,5-10,16H2,1H3/b4-2-/t11-,12+,13-,15-/m0/s1. The largest absolute Gasteiger partial charge is 0.469 e. The minimum Gasteiger partial charge on any atom is -0.469 e. The summed E-state index contributed by atoms with van der Waals surface area (Å²) in [6.45, 7) is 0. The quantitative estimate of drug-likeness (QED) is 0.448. The molecule has 2 saturated carbocycles. The summed E-state index contributed by atoms with van der Waals surface area (Å²) in [5, 5.41) is 0. The monoisotopic (exact) mass is 251 g/mol. The fraction of sp³-hybridized carbons (Fsp3) is 0.800. The van der Waals surface area contributed by atoms with E-state index in [0.29, 0.717) is 18.4 Å². The predicted molar refractivity (Wildman–Crippen MR) is 71.9 cm³/mol. The number of nitrogens with two attached hydrogens (primary N) is 1. The van der Waals surface area contributed by atoms with Crippen LogP contribution in [0.1, 0.15) is 44.9 Å². The molecule has 2 bridgehead atoms. The van der Waals surface area contributed by atoms with Crippen molar-refractivity contribution in [2.75, 3.05) is 7.11 Å². The van der Waals surface area contributed by atoms with E-state index in [2.05, 4.69) is 16.9 Å². The summed E-state index contributed by atoms with van der Waals surface area (Å²) in [5.41, 5.74) is 6.27. The number of methoxy groups -OCH3 is 1. The molecule has 2 fully saturated rings. The first-order chi connectivity index (χ1) is 8.72. The third-order valence-corrected chi connectivity index (χ3v) is 4.71. The second kappa shape index (κ2) is 6.37. The number of hydrogen-bond donors (Lipinski definition) is 1. The molecule has 2 aliphatic carbocycles. The number of hydrogen-bond acceptors (Lipinski definition) is 3. The number of ether oxygens (including phenoxy) is 1. The van der Waals surface area contributed by atoms with Crippen molar-refractivity contribution in [3.63, 3.8) is 0 Å². The Morgan fingerprint density at radius 3 is 2.78 bits per heavy atom. The SMILES string of the molecule is COC(=O)CCC/C=C\C[C@H]1[C@H]2CC[C@H](C2)[C@@H]1N. The van der Waals surface area contributed by atoms with Gasteiger partial charge >= 0.3 is 5.97 Å². The van der Waals surface area contributed by atoms with E-state index < -0.39 is 0 Å². The molecule has 18 heavy (non-hydrogen) atoms. The third-order valence-electron chi connectivity index (χ3n) is 4.71. The average Bonchev–Trinajstić information content (AvgIpc) is 2.95. The molecule has 3 heteroatoms. The Labute approximate surface area is 110 Å². The molecule has 0 radical (unpaired) electrons. The summed E-state index contributed by atoms with van der Waals surface area (Å²) in [5.74, 6) is 2.27. The number of allylic oxidation sites excluding steroid dienone is 2. The van der Waals surface area contributed by atoms with E-state index in [0.717, 1.165) is 31.1 Å². The van der Waals surface area contributed by atoms with Gasteiger partial charge in [0.25, 0.3) is 0 Å². The summed E-state index contributed by atoms with van der Waals surface area (Å²) < 4.78 is 4.61. The van der Waals surface area contributed by atoms with Crippen LogP contribution in [0.3, 0.4) is 0 Å². The van der Waals surface area contributed by atoms with E-state index >= 15 is 0 Å². The second-order valence-corrected chi connectivity index (χ2v) is 5.75. The van der Waals surface area contributed by atoms with E-state index in [1.165, 1.54) is 26.4 Å². The Balaban J connectivity index is 1.61. The first-order valence-corrected chi connectivity index (χ1v) is 7.19. The molecule has 0 aromatic rings. The van der Waals surface area contributed by atoms with Gasteiger partial charge in [0.1, 0.15) is 0 Å². The van der Waals surface area contributed by atoms with Crippen LogP contribution in [0, 0.1) is 17.8 Å². The number of carbonyl (C=O) groups excluding carboxylic acids is 1. The lowest BCUT2D eigenvalue weighted by Gasteiger charge is -2.27. The summed E-state index contributed by atoms with van der Waals surface area (Å²) in [4.78, 5) is 10.9. The van der Waals surface area contributed by atoms with E-state index in [1.54, 1.807) is 0 Å². The zero-order valence-corrected chi connectivity index (χ0v) is 11.3. The van der Waals surface area contributed by atoms with Gasteiger partial charge in [-0.25, -0.2) is 0 Å². The van der Waals surface area contributed by atoms with E-state index in [4.69, 9.17) is 5.73 Å². The smallest absolute Gasteiger partial charge is 0.305 e. The van der Waals surface area contributed by atoms with E-state index in [9.17, 15) is 4.79 Å². The van der Waals surface area contributed by atoms with Crippen LogP contribution in [0.25, 0.3) is 0 Å². The van der Waals surface area contributed by atoms with Gasteiger partial charge in [0.15, 0.2) is 0 Å². The number of carbonyl (C=O) groups is 1. The maximum absolute atomic E-state index is 10.9. The van der Waals surface area contributed by atoms with Crippen LogP contribution in [0.2, 0.25) is 0 Å². The van der Waals surface area contributed by atoms with Crippen LogP contribution in [0.15, 0.2) is 12.2 Å². The molecule has 0 saturated heterocycles. The van der Waals surface area contributed by atoms with Crippen LogP contribution in [0.4, 0.5) is 0 Å². The first kappa shape index (κ1) is 13.6. The van der Waals surface area contributed by atoms with Gasteiger partial charge in [-0.15, -0.1) is 0 Å². The van der Waals surface area contributed by atoms with Crippen LogP contribution in [-0.2, 0) is 9.53 Å². The Hall–Kier alpha value is -0.830. The molecule has 2 rings (SSSR count). The molecule has 102 valence electrons. The molecule has 0 amide bonds. The lowest BCUT2D eigenvalue weighted by atomic mass is 9.83. The van der Waals surface area contributed by atoms with Crippen molar-refractivity contribution in [2.24, 2.45) is 23.5 Å². The first-order valence-electron chi connectivity index (χ1n) is 7.19. The van der Waals surface area contributed by atoms with Gasteiger partial charge in [0.05, 0.1) is 7.11 Å². The molecule has 0 unspecified atom stereocenters. The van der Waals surface area contributed by atoms with Gasteiger partial charge in [0.2, 0.25) is 0 Å². The number of rotatable bonds is 6. The Bertz CT molecular complexity index is 312. The fourth-order valence-electron chi connectivity index (χ4n) is 3.64. The van der Waals surface area contributed by atoms with Crippen molar-refractivity contribution in [3.8, 4) is 0 Å². The third kappa shape index (κ3) is 3.14. The van der Waals surface area contributed by atoms with Gasteiger partial charge in [-0.1, -0.05) is 12.2 Å². The maximum Gasteiger partial charge on any atom is 0.305 e. The normalized spacial score (nSPS) is 34.3. The van der Waals surface area contributed by atoms with Crippen LogP contribution >= 0.6 is 0 Å². The van der Waals surface area contributed by atoms with Crippen LogP contribution < -0.4 is 5.73 Å². The number of esters is 1.